The van der Waals surface area contributed by atoms with Gasteiger partial charge in [-0.3, -0.25) is 14.7 Å². The molecule has 1 amide bonds. The Hall–Kier alpha value is -2.94. The molecule has 1 atom stereocenters. The maximum absolute atomic E-state index is 13.4. The Bertz CT molecular complexity index is 1110. The van der Waals surface area contributed by atoms with E-state index in [2.05, 4.69) is 15.3 Å². The fourth-order valence-electron chi connectivity index (χ4n) is 3.49. The van der Waals surface area contributed by atoms with Gasteiger partial charge in [-0.25, -0.2) is 9.97 Å². The molecule has 9 heteroatoms. The van der Waals surface area contributed by atoms with Crippen LogP contribution < -0.4 is 5.32 Å². The topological polar surface area (TPSA) is 80.0 Å². The summed E-state index contributed by atoms with van der Waals surface area (Å²) in [7, 11) is 0. The predicted molar refractivity (Wildman–Crippen MR) is 112 cm³/mol. The number of anilines is 1. The second kappa shape index (κ2) is 7.64. The van der Waals surface area contributed by atoms with Crippen molar-refractivity contribution in [3.8, 4) is 0 Å². The number of rotatable bonds is 4. The van der Waals surface area contributed by atoms with Crippen LogP contribution in [0.15, 0.2) is 36.4 Å². The van der Waals surface area contributed by atoms with Gasteiger partial charge in [-0.1, -0.05) is 30.3 Å². The Morgan fingerprint density at radius 3 is 2.26 bits per heavy atom. The van der Waals surface area contributed by atoms with Gasteiger partial charge < -0.3 is 5.11 Å². The molecule has 1 unspecified atom stereocenters. The summed E-state index contributed by atoms with van der Waals surface area (Å²) in [6, 6.07) is 10.0. The molecule has 3 aromatic rings. The Morgan fingerprint density at radius 2 is 1.71 bits per heavy atom. The van der Waals surface area contributed by atoms with E-state index in [0.29, 0.717) is 5.56 Å². The van der Waals surface area contributed by atoms with Crippen molar-refractivity contribution in [2.24, 2.45) is 0 Å². The zero-order chi connectivity index (χ0) is 23.2. The first kappa shape index (κ1) is 22.7. The summed E-state index contributed by atoms with van der Waals surface area (Å²) < 4.78 is 41.6. The van der Waals surface area contributed by atoms with Gasteiger partial charge in [0.05, 0.1) is 12.0 Å². The number of amides is 1. The summed E-state index contributed by atoms with van der Waals surface area (Å²) in [5.41, 5.74) is -2.35. The van der Waals surface area contributed by atoms with Crippen LogP contribution in [0.3, 0.4) is 0 Å². The van der Waals surface area contributed by atoms with E-state index in [9.17, 15) is 23.1 Å². The van der Waals surface area contributed by atoms with Crippen molar-refractivity contribution in [2.75, 3.05) is 5.32 Å². The first-order valence-electron chi connectivity index (χ1n) is 9.76. The Kier molecular flexibility index (Phi) is 5.60. The average molecular weight is 434 g/mol. The molecule has 3 rings (SSSR count). The van der Waals surface area contributed by atoms with Crippen LogP contribution in [0.1, 0.15) is 50.9 Å². The molecule has 0 saturated carbocycles. The highest BCUT2D eigenvalue weighted by molar-refractivity contribution is 5.92. The van der Waals surface area contributed by atoms with Crippen molar-refractivity contribution in [2.45, 2.75) is 58.4 Å². The summed E-state index contributed by atoms with van der Waals surface area (Å²) in [6.07, 6.45) is -4.87. The van der Waals surface area contributed by atoms with E-state index in [-0.39, 0.29) is 29.1 Å². The Balaban J connectivity index is 2.01. The van der Waals surface area contributed by atoms with E-state index in [4.69, 9.17) is 0 Å². The lowest BCUT2D eigenvalue weighted by atomic mass is 9.92. The highest BCUT2D eigenvalue weighted by Gasteiger charge is 2.36. The van der Waals surface area contributed by atoms with Crippen LogP contribution in [-0.2, 0) is 22.1 Å². The number of carbonyl (C=O) groups excluding carboxylic acids is 1. The number of benzene rings is 1. The Labute approximate surface area is 178 Å². The minimum Gasteiger partial charge on any atom is -0.385 e. The lowest BCUT2D eigenvalue weighted by Crippen LogP contribution is -2.31. The molecule has 1 aromatic carbocycles. The van der Waals surface area contributed by atoms with Gasteiger partial charge >= 0.3 is 6.18 Å². The first-order chi connectivity index (χ1) is 14.2. The normalized spacial score (nSPS) is 14.5. The fraction of sp³-hybridized carbons (Fsp3) is 0.409. The van der Waals surface area contributed by atoms with Crippen LogP contribution >= 0.6 is 0 Å². The van der Waals surface area contributed by atoms with E-state index >= 15 is 0 Å². The molecule has 2 aromatic heterocycles. The summed E-state index contributed by atoms with van der Waals surface area (Å²) in [5.74, 6) is -0.454. The SMILES string of the molecule is Cc1cc2nc(NC(=O)CC(C)(O)c3ccccc3)n(C(C)(C)C)c2nc1C(F)(F)F. The minimum atomic E-state index is -4.61. The number of alkyl halides is 3. The van der Waals surface area contributed by atoms with Crippen molar-refractivity contribution in [3.05, 3.63) is 53.2 Å². The molecule has 0 aliphatic carbocycles. The highest BCUT2D eigenvalue weighted by atomic mass is 19.4. The zero-order valence-electron chi connectivity index (χ0n) is 18.0. The van der Waals surface area contributed by atoms with Gasteiger partial charge in [0.25, 0.3) is 0 Å². The largest absolute Gasteiger partial charge is 0.433 e. The number of hydrogen-bond acceptors (Lipinski definition) is 4. The average Bonchev–Trinajstić information content (AvgIpc) is 2.97. The number of halogens is 3. The van der Waals surface area contributed by atoms with E-state index < -0.39 is 28.9 Å². The molecule has 166 valence electrons. The van der Waals surface area contributed by atoms with Crippen LogP contribution in [0.2, 0.25) is 0 Å². The van der Waals surface area contributed by atoms with Crippen LogP contribution in [0.5, 0.6) is 0 Å². The lowest BCUT2D eigenvalue weighted by Gasteiger charge is -2.26. The molecule has 0 radical (unpaired) electrons. The number of imidazole rings is 1. The molecule has 0 aliphatic rings. The second-order valence-corrected chi connectivity index (χ2v) is 8.80. The van der Waals surface area contributed by atoms with Gasteiger partial charge in [0, 0.05) is 5.54 Å². The summed E-state index contributed by atoms with van der Waals surface area (Å²) in [5, 5.41) is 13.4. The molecule has 31 heavy (non-hydrogen) atoms. The number of nitrogens with zero attached hydrogens (tertiary/aromatic N) is 3. The maximum Gasteiger partial charge on any atom is 0.433 e. The highest BCUT2D eigenvalue weighted by Crippen LogP contribution is 2.34. The first-order valence-corrected chi connectivity index (χ1v) is 9.76. The summed E-state index contributed by atoms with van der Waals surface area (Å²) in [4.78, 5) is 20.9. The molecular formula is C22H25F3N4O2. The monoisotopic (exact) mass is 434 g/mol. The van der Waals surface area contributed by atoms with Gasteiger partial charge in [-0.05, 0) is 51.8 Å². The van der Waals surface area contributed by atoms with Gasteiger partial charge in [0.1, 0.15) is 11.2 Å². The smallest absolute Gasteiger partial charge is 0.385 e. The second-order valence-electron chi connectivity index (χ2n) is 8.80. The number of pyridine rings is 1. The number of fused-ring (bicyclic) bond motifs is 1. The number of nitrogens with one attached hydrogen (secondary N) is 1. The molecule has 0 fully saturated rings. The number of hydrogen-bond donors (Lipinski definition) is 2. The quantitative estimate of drug-likeness (QED) is 0.621. The van der Waals surface area contributed by atoms with Crippen LogP contribution in [-0.4, -0.2) is 25.5 Å². The molecule has 2 heterocycles. The van der Waals surface area contributed by atoms with E-state index in [1.165, 1.54) is 24.5 Å². The molecule has 0 aliphatic heterocycles. The van der Waals surface area contributed by atoms with Gasteiger partial charge in [0.2, 0.25) is 11.9 Å². The molecule has 0 saturated heterocycles. The van der Waals surface area contributed by atoms with Crippen molar-refractivity contribution < 1.29 is 23.1 Å². The molecular weight excluding hydrogens is 409 g/mol. The molecule has 0 bridgehead atoms. The van der Waals surface area contributed by atoms with Gasteiger partial charge in [-0.15, -0.1) is 0 Å². The van der Waals surface area contributed by atoms with Crippen molar-refractivity contribution >= 4 is 23.0 Å². The third kappa shape index (κ3) is 4.71. The van der Waals surface area contributed by atoms with Crippen molar-refractivity contribution in [3.63, 3.8) is 0 Å². The lowest BCUT2D eigenvalue weighted by molar-refractivity contribution is -0.141. The van der Waals surface area contributed by atoms with Crippen molar-refractivity contribution in [1.82, 2.24) is 14.5 Å². The third-order valence-electron chi connectivity index (χ3n) is 4.91. The molecule has 2 N–H and O–H groups in total. The van der Waals surface area contributed by atoms with Crippen LogP contribution in [0.4, 0.5) is 19.1 Å². The number of carbonyl (C=O) groups is 1. The minimum absolute atomic E-state index is 0.0237. The standard InChI is InChI=1S/C22H25F3N4O2/c1-13-11-15-18(28-17(13)22(23,24)25)29(20(2,3)4)19(26-15)27-16(30)12-21(5,31)14-9-7-6-8-10-14/h6-11,31H,12H2,1-5H3,(H,26,27,30). The van der Waals surface area contributed by atoms with Crippen LogP contribution in [0.25, 0.3) is 11.2 Å². The van der Waals surface area contributed by atoms with Gasteiger partial charge in [-0.2, -0.15) is 13.2 Å². The fourth-order valence-corrected chi connectivity index (χ4v) is 3.49. The van der Waals surface area contributed by atoms with Crippen molar-refractivity contribution in [1.29, 1.82) is 0 Å². The predicted octanol–water partition coefficient (Wildman–Crippen LogP) is 4.75. The van der Waals surface area contributed by atoms with E-state index in [1.54, 1.807) is 51.1 Å². The van der Waals surface area contributed by atoms with Gasteiger partial charge in [0.15, 0.2) is 5.65 Å². The maximum atomic E-state index is 13.4. The summed E-state index contributed by atoms with van der Waals surface area (Å²) in [6.45, 7) is 8.17. The summed E-state index contributed by atoms with van der Waals surface area (Å²) >= 11 is 0. The number of aliphatic hydroxyl groups is 1. The molecule has 6 nitrogen and oxygen atoms in total. The van der Waals surface area contributed by atoms with E-state index in [1.807, 2.05) is 0 Å². The van der Waals surface area contributed by atoms with E-state index in [0.717, 1.165) is 0 Å². The number of aryl methyl sites for hydroxylation is 1. The Morgan fingerprint density at radius 1 is 1.10 bits per heavy atom. The number of aromatic nitrogens is 3. The zero-order valence-corrected chi connectivity index (χ0v) is 18.0. The molecule has 0 spiro atoms. The third-order valence-corrected chi connectivity index (χ3v) is 4.91. The van der Waals surface area contributed by atoms with Crippen LogP contribution in [0, 0.1) is 6.92 Å².